The van der Waals surface area contributed by atoms with Gasteiger partial charge in [-0.1, -0.05) is 12.1 Å². The van der Waals surface area contributed by atoms with Crippen LogP contribution in [-0.4, -0.2) is 62.9 Å². The summed E-state index contributed by atoms with van der Waals surface area (Å²) >= 11 is 0. The summed E-state index contributed by atoms with van der Waals surface area (Å²) in [6, 6.07) is 6.65. The van der Waals surface area contributed by atoms with E-state index in [1.54, 1.807) is 10.9 Å². The fraction of sp³-hybridized carbons (Fsp3) is 0.478. The van der Waals surface area contributed by atoms with E-state index in [2.05, 4.69) is 25.3 Å². The predicted octanol–water partition coefficient (Wildman–Crippen LogP) is 2.86. The molecule has 1 N–H and O–H groups in total. The number of fused-ring (bicyclic) bond motifs is 1. The van der Waals surface area contributed by atoms with Crippen molar-refractivity contribution in [1.82, 2.24) is 24.6 Å². The van der Waals surface area contributed by atoms with Crippen LogP contribution in [0.1, 0.15) is 25.7 Å². The number of nitrogens with zero attached hydrogens (tertiary/aromatic N) is 5. The number of likely N-dealkylation sites (tertiary alicyclic amines) is 1. The third-order valence-electron chi connectivity index (χ3n) is 6.46. The zero-order chi connectivity index (χ0) is 21.2. The molecule has 31 heavy (non-hydrogen) atoms. The summed E-state index contributed by atoms with van der Waals surface area (Å²) < 4.78 is 7.25. The Labute approximate surface area is 181 Å². The highest BCUT2D eigenvalue weighted by molar-refractivity contribution is 5.92. The third-order valence-corrected chi connectivity index (χ3v) is 6.46. The summed E-state index contributed by atoms with van der Waals surface area (Å²) in [7, 11) is 1.90. The highest BCUT2D eigenvalue weighted by Crippen LogP contribution is 2.25. The number of amides is 1. The van der Waals surface area contributed by atoms with Gasteiger partial charge in [-0.3, -0.25) is 14.8 Å². The number of ether oxygens (including phenoxy) is 1. The molecule has 0 saturated carbocycles. The zero-order valence-corrected chi connectivity index (χ0v) is 17.8. The van der Waals surface area contributed by atoms with E-state index in [9.17, 15) is 4.79 Å². The molecule has 162 valence electrons. The molecule has 0 bridgehead atoms. The second kappa shape index (κ2) is 8.72. The fourth-order valence-electron chi connectivity index (χ4n) is 4.62. The Hall–Kier alpha value is -2.84. The van der Waals surface area contributed by atoms with Crippen LogP contribution in [-0.2, 0) is 16.6 Å². The maximum absolute atomic E-state index is 12.8. The first-order chi connectivity index (χ1) is 15.2. The van der Waals surface area contributed by atoms with Crippen molar-refractivity contribution < 1.29 is 9.53 Å². The van der Waals surface area contributed by atoms with E-state index in [0.29, 0.717) is 12.0 Å². The number of carbonyl (C=O) groups is 1. The zero-order valence-electron chi connectivity index (χ0n) is 17.8. The first-order valence-electron chi connectivity index (χ1n) is 11.0. The molecule has 8 heteroatoms. The number of piperidine rings is 1. The van der Waals surface area contributed by atoms with Crippen molar-refractivity contribution in [2.24, 2.45) is 13.0 Å². The summed E-state index contributed by atoms with van der Waals surface area (Å²) in [4.78, 5) is 24.3. The van der Waals surface area contributed by atoms with E-state index in [-0.39, 0.29) is 11.8 Å². The van der Waals surface area contributed by atoms with Crippen molar-refractivity contribution in [3.63, 3.8) is 0 Å². The molecule has 2 fully saturated rings. The molecule has 3 aromatic rings. The Bertz CT molecular complexity index is 1070. The van der Waals surface area contributed by atoms with Crippen molar-refractivity contribution in [1.29, 1.82) is 0 Å². The van der Waals surface area contributed by atoms with Crippen LogP contribution in [0.2, 0.25) is 0 Å². The molecular weight excluding hydrogens is 392 g/mol. The molecule has 2 saturated heterocycles. The number of hydrogen-bond acceptors (Lipinski definition) is 6. The lowest BCUT2D eigenvalue weighted by molar-refractivity contribution is -0.121. The van der Waals surface area contributed by atoms with Crippen LogP contribution in [0.4, 0.5) is 5.95 Å². The summed E-state index contributed by atoms with van der Waals surface area (Å²) in [6.45, 7) is 3.64. The van der Waals surface area contributed by atoms with Gasteiger partial charge in [0.25, 0.3) is 0 Å². The van der Waals surface area contributed by atoms with E-state index in [0.717, 1.165) is 74.0 Å². The largest absolute Gasteiger partial charge is 0.381 e. The highest BCUT2D eigenvalue weighted by atomic mass is 16.5. The molecule has 0 aliphatic carbocycles. The molecule has 1 aromatic carbocycles. The maximum atomic E-state index is 12.8. The average Bonchev–Trinajstić information content (AvgIpc) is 3.25. The molecule has 0 radical (unpaired) electrons. The predicted molar refractivity (Wildman–Crippen MR) is 119 cm³/mol. The normalized spacial score (nSPS) is 19.0. The van der Waals surface area contributed by atoms with Crippen molar-refractivity contribution in [3.05, 3.63) is 36.8 Å². The Kier molecular flexibility index (Phi) is 5.65. The molecule has 2 aliphatic rings. The van der Waals surface area contributed by atoms with Crippen LogP contribution in [0.3, 0.4) is 0 Å². The number of aromatic nitrogens is 4. The average molecular weight is 421 g/mol. The lowest BCUT2D eigenvalue weighted by atomic mass is 9.93. The molecule has 2 aromatic heterocycles. The molecule has 8 nitrogen and oxygen atoms in total. The molecule has 0 unspecified atom stereocenters. The highest BCUT2D eigenvalue weighted by Gasteiger charge is 2.29. The third kappa shape index (κ3) is 4.45. The number of anilines is 1. The number of benzene rings is 1. The number of carbonyl (C=O) groups excluding carboxylic acids is 1. The molecule has 0 spiro atoms. The van der Waals surface area contributed by atoms with Crippen LogP contribution in [0.25, 0.3) is 22.0 Å². The summed E-state index contributed by atoms with van der Waals surface area (Å²) in [5, 5.41) is 8.12. The Balaban J connectivity index is 1.24. The van der Waals surface area contributed by atoms with Gasteiger partial charge >= 0.3 is 0 Å². The van der Waals surface area contributed by atoms with Crippen LogP contribution in [0, 0.1) is 5.92 Å². The van der Waals surface area contributed by atoms with E-state index in [1.165, 1.54) is 0 Å². The monoisotopic (exact) mass is 420 g/mol. The minimum Gasteiger partial charge on any atom is -0.381 e. The van der Waals surface area contributed by atoms with E-state index < -0.39 is 0 Å². The fourth-order valence-corrected chi connectivity index (χ4v) is 4.62. The van der Waals surface area contributed by atoms with Crippen molar-refractivity contribution in [3.8, 4) is 11.1 Å². The van der Waals surface area contributed by atoms with E-state index >= 15 is 0 Å². The number of rotatable bonds is 4. The molecule has 5 rings (SSSR count). The first-order valence-corrected chi connectivity index (χ1v) is 11.0. The van der Waals surface area contributed by atoms with Crippen LogP contribution in [0.5, 0.6) is 0 Å². The van der Waals surface area contributed by atoms with E-state index in [4.69, 9.17) is 4.74 Å². The topological polar surface area (TPSA) is 85.2 Å². The van der Waals surface area contributed by atoms with Gasteiger partial charge in [0.15, 0.2) is 0 Å². The van der Waals surface area contributed by atoms with Gasteiger partial charge < -0.3 is 9.64 Å². The Morgan fingerprint density at radius 2 is 1.90 bits per heavy atom. The van der Waals surface area contributed by atoms with E-state index in [1.807, 2.05) is 37.6 Å². The van der Waals surface area contributed by atoms with Crippen molar-refractivity contribution in [2.75, 3.05) is 31.6 Å². The van der Waals surface area contributed by atoms with Gasteiger partial charge in [-0.2, -0.15) is 5.10 Å². The van der Waals surface area contributed by atoms with Gasteiger partial charge in [0.1, 0.15) is 0 Å². The number of aryl methyl sites for hydroxylation is 1. The second-order valence-electron chi connectivity index (χ2n) is 8.51. The molecular formula is C23H28N6O2. The quantitative estimate of drug-likeness (QED) is 0.699. The van der Waals surface area contributed by atoms with Gasteiger partial charge in [-0.25, -0.2) is 9.97 Å². The van der Waals surface area contributed by atoms with Crippen LogP contribution in [0.15, 0.2) is 36.8 Å². The standard InChI is InChI=1S/C23H28N6O2/c1-28-15-19(14-25-28)17-2-3-18-13-24-23(26-21(18)12-17)27-22(30)16-4-8-29(9-5-16)20-6-10-31-11-7-20/h2-3,12-16,20H,4-11H2,1H3,(H,24,26,27,30). The van der Waals surface area contributed by atoms with Crippen molar-refractivity contribution in [2.45, 2.75) is 31.7 Å². The molecule has 0 atom stereocenters. The Morgan fingerprint density at radius 3 is 2.65 bits per heavy atom. The van der Waals surface area contributed by atoms with Gasteiger partial charge in [0, 0.05) is 55.6 Å². The number of hydrogen-bond donors (Lipinski definition) is 1. The summed E-state index contributed by atoms with van der Waals surface area (Å²) in [6.07, 6.45) is 9.52. The SMILES string of the molecule is Cn1cc(-c2ccc3cnc(NC(=O)C4CCN(C5CCOCC5)CC4)nc3c2)cn1. The van der Waals surface area contributed by atoms with Gasteiger partial charge in [0.2, 0.25) is 11.9 Å². The minimum atomic E-state index is 0.0112. The molecule has 2 aliphatic heterocycles. The Morgan fingerprint density at radius 1 is 1.10 bits per heavy atom. The number of nitrogens with one attached hydrogen (secondary N) is 1. The lowest BCUT2D eigenvalue weighted by Crippen LogP contribution is -2.45. The second-order valence-corrected chi connectivity index (χ2v) is 8.51. The van der Waals surface area contributed by atoms with Gasteiger partial charge in [0.05, 0.1) is 11.7 Å². The lowest BCUT2D eigenvalue weighted by Gasteiger charge is -2.38. The minimum absolute atomic E-state index is 0.0112. The van der Waals surface area contributed by atoms with Crippen LogP contribution < -0.4 is 5.32 Å². The van der Waals surface area contributed by atoms with Crippen LogP contribution >= 0.6 is 0 Å². The maximum Gasteiger partial charge on any atom is 0.229 e. The molecule has 1 amide bonds. The first kappa shape index (κ1) is 20.1. The van der Waals surface area contributed by atoms with Gasteiger partial charge in [-0.15, -0.1) is 0 Å². The molecule has 4 heterocycles. The summed E-state index contributed by atoms with van der Waals surface area (Å²) in [5.74, 6) is 0.402. The van der Waals surface area contributed by atoms with Crippen molar-refractivity contribution >= 4 is 22.8 Å². The van der Waals surface area contributed by atoms with Gasteiger partial charge in [-0.05, 0) is 50.4 Å². The smallest absolute Gasteiger partial charge is 0.229 e. The summed E-state index contributed by atoms with van der Waals surface area (Å²) in [5.41, 5.74) is 2.88.